The van der Waals surface area contributed by atoms with Crippen LogP contribution in [0.4, 0.5) is 0 Å². The van der Waals surface area contributed by atoms with Crippen molar-refractivity contribution in [2.45, 2.75) is 64.4 Å². The Balaban J connectivity index is 1.16. The summed E-state index contributed by atoms with van der Waals surface area (Å²) in [5, 5.41) is 2.20. The maximum atomic E-state index is 13.0. The normalized spacial score (nSPS) is 22.4. The van der Waals surface area contributed by atoms with Crippen molar-refractivity contribution in [3.05, 3.63) is 71.3 Å². The highest BCUT2D eigenvalue weighted by Crippen LogP contribution is 2.48. The molecule has 3 aromatic carbocycles. The van der Waals surface area contributed by atoms with Gasteiger partial charge in [-0.3, -0.25) is 4.79 Å². The second-order valence-electron chi connectivity index (χ2n) is 10.8. The third-order valence-corrected chi connectivity index (χ3v) is 8.68. The third-order valence-electron chi connectivity index (χ3n) is 8.68. The van der Waals surface area contributed by atoms with Gasteiger partial charge in [0.15, 0.2) is 0 Å². The monoisotopic (exact) mass is 486 g/mol. The quantitative estimate of drug-likeness (QED) is 0.318. The molecule has 0 heterocycles. The van der Waals surface area contributed by atoms with Crippen molar-refractivity contribution in [2.24, 2.45) is 17.8 Å². The summed E-state index contributed by atoms with van der Waals surface area (Å²) in [5.41, 5.74) is 3.87. The number of carbonyl (C=O) groups excluding carboxylic acids is 1. The third kappa shape index (κ3) is 4.96. The van der Waals surface area contributed by atoms with Crippen molar-refractivity contribution in [3.63, 3.8) is 0 Å². The number of ether oxygens (including phenoxy) is 3. The summed E-state index contributed by atoms with van der Waals surface area (Å²) in [4.78, 5) is 13.0. The van der Waals surface area contributed by atoms with Gasteiger partial charge in [-0.05, 0) is 116 Å². The molecule has 2 aliphatic rings. The van der Waals surface area contributed by atoms with Gasteiger partial charge < -0.3 is 14.2 Å². The van der Waals surface area contributed by atoms with Crippen LogP contribution in [0.1, 0.15) is 62.1 Å². The van der Waals surface area contributed by atoms with E-state index in [1.54, 1.807) is 14.2 Å². The van der Waals surface area contributed by atoms with Crippen LogP contribution >= 0.6 is 0 Å². The molecule has 0 radical (unpaired) electrons. The molecule has 5 atom stereocenters. The van der Waals surface area contributed by atoms with Crippen LogP contribution < -0.4 is 9.47 Å². The maximum absolute atomic E-state index is 13.0. The van der Waals surface area contributed by atoms with Gasteiger partial charge in [-0.25, -0.2) is 0 Å². The fourth-order valence-corrected chi connectivity index (χ4v) is 6.51. The lowest BCUT2D eigenvalue weighted by atomic mass is 9.73. The van der Waals surface area contributed by atoms with E-state index < -0.39 is 0 Å². The van der Waals surface area contributed by atoms with Gasteiger partial charge >= 0.3 is 5.97 Å². The van der Waals surface area contributed by atoms with Crippen molar-refractivity contribution in [1.29, 1.82) is 0 Å². The first kappa shape index (κ1) is 24.7. The van der Waals surface area contributed by atoms with E-state index in [2.05, 4.69) is 30.3 Å². The summed E-state index contributed by atoms with van der Waals surface area (Å²) in [6.45, 7) is 3.99. The molecule has 0 spiro atoms. The molecule has 1 unspecified atom stereocenters. The van der Waals surface area contributed by atoms with Gasteiger partial charge in [0.05, 0.1) is 26.2 Å². The van der Waals surface area contributed by atoms with Gasteiger partial charge in [-0.1, -0.05) is 36.4 Å². The Morgan fingerprint density at radius 1 is 0.944 bits per heavy atom. The van der Waals surface area contributed by atoms with E-state index in [1.165, 1.54) is 24.0 Å². The lowest BCUT2D eigenvalue weighted by molar-refractivity contribution is -0.150. The molecule has 4 nitrogen and oxygen atoms in total. The molecule has 0 aromatic heterocycles. The van der Waals surface area contributed by atoms with Gasteiger partial charge in [0.2, 0.25) is 0 Å². The van der Waals surface area contributed by atoms with Crippen LogP contribution in [0, 0.1) is 17.8 Å². The Kier molecular flexibility index (Phi) is 7.22. The first-order chi connectivity index (χ1) is 17.5. The van der Waals surface area contributed by atoms with Gasteiger partial charge in [0, 0.05) is 0 Å². The molecule has 36 heavy (non-hydrogen) atoms. The van der Waals surface area contributed by atoms with E-state index >= 15 is 0 Å². The topological polar surface area (TPSA) is 44.8 Å². The summed E-state index contributed by atoms with van der Waals surface area (Å²) < 4.78 is 16.9. The zero-order valence-corrected chi connectivity index (χ0v) is 22.0. The van der Waals surface area contributed by atoms with Crippen LogP contribution in [-0.2, 0) is 22.4 Å². The average molecular weight is 487 g/mol. The molecule has 4 heteroatoms. The van der Waals surface area contributed by atoms with E-state index in [9.17, 15) is 4.79 Å². The molecule has 2 aliphatic carbocycles. The molecule has 5 rings (SSSR count). The zero-order chi connectivity index (χ0) is 25.2. The Labute approximate surface area is 214 Å². The number of rotatable bonds is 8. The van der Waals surface area contributed by atoms with Crippen LogP contribution in [0.15, 0.2) is 54.6 Å². The highest BCUT2D eigenvalue weighted by molar-refractivity contribution is 5.86. The van der Waals surface area contributed by atoms with Crippen molar-refractivity contribution in [1.82, 2.24) is 0 Å². The number of carbonyl (C=O) groups is 1. The van der Waals surface area contributed by atoms with Crippen molar-refractivity contribution in [3.8, 4) is 11.5 Å². The van der Waals surface area contributed by atoms with E-state index in [1.807, 2.05) is 38.1 Å². The number of benzene rings is 3. The second-order valence-corrected chi connectivity index (χ2v) is 10.8. The Bertz CT molecular complexity index is 1230. The molecule has 3 aromatic rings. The van der Waals surface area contributed by atoms with Crippen molar-refractivity contribution < 1.29 is 19.0 Å². The highest BCUT2D eigenvalue weighted by Gasteiger charge is 2.39. The van der Waals surface area contributed by atoms with E-state index in [-0.39, 0.29) is 18.0 Å². The molecule has 1 saturated carbocycles. The minimum Gasteiger partial charge on any atom is -0.497 e. The SMILES string of the molecule is COc1ccc2cc([C@H](C)C(=O)O[C@@H](C)CC[C@H]3CCC4Cc5c(cccc5OC)C[C@@H]43)ccc2c1. The van der Waals surface area contributed by atoms with Crippen molar-refractivity contribution in [2.75, 3.05) is 14.2 Å². The minimum atomic E-state index is -0.292. The van der Waals surface area contributed by atoms with Crippen LogP contribution in [-0.4, -0.2) is 26.3 Å². The number of fused-ring (bicyclic) bond motifs is 3. The maximum Gasteiger partial charge on any atom is 0.313 e. The molecule has 0 N–H and O–H groups in total. The standard InChI is InChI=1S/C32H38O4/c1-20(36-32(33)21(2)23-11-12-25-17-28(34-3)15-14-24(25)16-23)8-9-22-10-13-27-19-30-26(18-29(22)27)6-5-7-31(30)35-4/h5-7,11-12,14-17,20-22,27,29H,8-10,13,18-19H2,1-4H3/t20-,21-,22-,27?,29+/m0/s1. The first-order valence-electron chi connectivity index (χ1n) is 13.4. The molecule has 1 fully saturated rings. The van der Waals surface area contributed by atoms with Gasteiger partial charge in [-0.2, -0.15) is 0 Å². The Morgan fingerprint density at radius 3 is 2.56 bits per heavy atom. The van der Waals surface area contributed by atoms with Gasteiger partial charge in [0.25, 0.3) is 0 Å². The minimum absolute atomic E-state index is 0.0697. The molecule has 0 aliphatic heterocycles. The van der Waals surface area contributed by atoms with Crippen LogP contribution in [0.3, 0.4) is 0 Å². The summed E-state index contributed by atoms with van der Waals surface area (Å²) in [6.07, 6.45) is 6.86. The predicted octanol–water partition coefficient (Wildman–Crippen LogP) is 7.11. The molecular weight excluding hydrogens is 448 g/mol. The molecule has 0 amide bonds. The van der Waals surface area contributed by atoms with Gasteiger partial charge in [0.1, 0.15) is 11.5 Å². The molecular formula is C32H38O4. The predicted molar refractivity (Wildman–Crippen MR) is 144 cm³/mol. The summed E-state index contributed by atoms with van der Waals surface area (Å²) in [7, 11) is 3.45. The fourth-order valence-electron chi connectivity index (χ4n) is 6.51. The summed E-state index contributed by atoms with van der Waals surface area (Å²) in [6, 6.07) is 18.6. The summed E-state index contributed by atoms with van der Waals surface area (Å²) in [5.74, 6) is 3.66. The Hall–Kier alpha value is -3.01. The number of methoxy groups -OCH3 is 2. The fraction of sp³-hybridized carbons (Fsp3) is 0.469. The number of hydrogen-bond acceptors (Lipinski definition) is 4. The molecule has 190 valence electrons. The molecule has 0 bridgehead atoms. The lowest BCUT2D eigenvalue weighted by Crippen LogP contribution is -2.26. The largest absolute Gasteiger partial charge is 0.497 e. The van der Waals surface area contributed by atoms with E-state index in [4.69, 9.17) is 14.2 Å². The first-order valence-corrected chi connectivity index (χ1v) is 13.4. The van der Waals surface area contributed by atoms with E-state index in [0.29, 0.717) is 5.92 Å². The molecule has 0 saturated heterocycles. The zero-order valence-electron chi connectivity index (χ0n) is 22.0. The summed E-state index contributed by atoms with van der Waals surface area (Å²) >= 11 is 0. The average Bonchev–Trinajstić information content (AvgIpc) is 3.30. The smallest absolute Gasteiger partial charge is 0.313 e. The van der Waals surface area contributed by atoms with Crippen molar-refractivity contribution >= 4 is 16.7 Å². The lowest BCUT2D eigenvalue weighted by Gasteiger charge is -2.32. The van der Waals surface area contributed by atoms with Gasteiger partial charge in [-0.15, -0.1) is 0 Å². The van der Waals surface area contributed by atoms with Crippen LogP contribution in [0.2, 0.25) is 0 Å². The Morgan fingerprint density at radius 2 is 1.75 bits per heavy atom. The van der Waals surface area contributed by atoms with Crippen LogP contribution in [0.5, 0.6) is 11.5 Å². The second kappa shape index (κ2) is 10.5. The highest BCUT2D eigenvalue weighted by atomic mass is 16.5. The van der Waals surface area contributed by atoms with Crippen LogP contribution in [0.25, 0.3) is 10.8 Å². The number of esters is 1. The number of hydrogen-bond donors (Lipinski definition) is 0. The van der Waals surface area contributed by atoms with E-state index in [0.717, 1.165) is 65.4 Å².